The van der Waals surface area contributed by atoms with Crippen LogP contribution in [-0.2, 0) is 12.0 Å². The first-order valence-corrected chi connectivity index (χ1v) is 5.15. The van der Waals surface area contributed by atoms with Gasteiger partial charge in [-0.1, -0.05) is 27.7 Å². The summed E-state index contributed by atoms with van der Waals surface area (Å²) in [5, 5.41) is 0. The third-order valence-electron chi connectivity index (χ3n) is 2.38. The van der Waals surface area contributed by atoms with Gasteiger partial charge in [-0.05, 0) is 23.5 Å². The van der Waals surface area contributed by atoms with Crippen molar-refractivity contribution >= 4 is 6.29 Å². The molecule has 1 rings (SSSR count). The monoisotopic (exact) mass is 193 g/mol. The maximum absolute atomic E-state index is 10.8. The van der Waals surface area contributed by atoms with Crippen LogP contribution >= 0.6 is 0 Å². The molecule has 14 heavy (non-hydrogen) atoms. The highest BCUT2D eigenvalue weighted by molar-refractivity contribution is 5.73. The molecule has 0 aliphatic carbocycles. The van der Waals surface area contributed by atoms with Crippen molar-refractivity contribution in [2.75, 3.05) is 0 Å². The van der Waals surface area contributed by atoms with Gasteiger partial charge in [0.1, 0.15) is 0 Å². The van der Waals surface area contributed by atoms with Crippen molar-refractivity contribution in [2.45, 2.75) is 46.1 Å². The first kappa shape index (κ1) is 11.0. The van der Waals surface area contributed by atoms with Gasteiger partial charge in [0.15, 0.2) is 6.29 Å². The van der Waals surface area contributed by atoms with Crippen LogP contribution in [0.25, 0.3) is 0 Å². The van der Waals surface area contributed by atoms with Crippen LogP contribution in [0.1, 0.15) is 50.2 Å². The Balaban J connectivity index is 3.06. The summed E-state index contributed by atoms with van der Waals surface area (Å²) < 4.78 is 2.04. The van der Waals surface area contributed by atoms with E-state index in [-0.39, 0.29) is 5.41 Å². The lowest BCUT2D eigenvalue weighted by atomic mass is 9.89. The molecule has 1 heterocycles. The van der Waals surface area contributed by atoms with Gasteiger partial charge in [0.05, 0.1) is 5.69 Å². The lowest BCUT2D eigenvalue weighted by Crippen LogP contribution is -2.09. The van der Waals surface area contributed by atoms with Crippen LogP contribution in [0.4, 0.5) is 0 Å². The van der Waals surface area contributed by atoms with E-state index >= 15 is 0 Å². The Bertz CT molecular complexity index is 318. The predicted molar refractivity (Wildman–Crippen MR) is 58.8 cm³/mol. The molecule has 0 saturated heterocycles. The van der Waals surface area contributed by atoms with E-state index in [2.05, 4.69) is 33.9 Å². The van der Waals surface area contributed by atoms with Crippen molar-refractivity contribution < 1.29 is 4.79 Å². The maximum atomic E-state index is 10.8. The van der Waals surface area contributed by atoms with Crippen molar-refractivity contribution in [2.24, 2.45) is 0 Å². The molecule has 0 amide bonds. The fourth-order valence-corrected chi connectivity index (χ4v) is 1.47. The molecule has 0 unspecified atom stereocenters. The molecule has 0 aliphatic heterocycles. The standard InChI is InChI=1S/C12H19NO/c1-5-6-13-8-10(12(2,3)4)7-11(13)9-14/h7-9H,5-6H2,1-4H3. The van der Waals surface area contributed by atoms with Crippen molar-refractivity contribution in [3.05, 3.63) is 23.5 Å². The van der Waals surface area contributed by atoms with Crippen LogP contribution in [0.15, 0.2) is 12.3 Å². The summed E-state index contributed by atoms with van der Waals surface area (Å²) in [4.78, 5) is 10.8. The Morgan fingerprint density at radius 2 is 2.07 bits per heavy atom. The SMILES string of the molecule is CCCn1cc(C(C)(C)C)cc1C=O. The normalized spacial score (nSPS) is 11.7. The third-order valence-corrected chi connectivity index (χ3v) is 2.38. The van der Waals surface area contributed by atoms with Crippen molar-refractivity contribution in [1.29, 1.82) is 0 Å². The zero-order valence-electron chi connectivity index (χ0n) is 9.50. The second-order valence-corrected chi connectivity index (χ2v) is 4.71. The van der Waals surface area contributed by atoms with Gasteiger partial charge in [-0.25, -0.2) is 0 Å². The first-order chi connectivity index (χ1) is 6.49. The molecule has 0 saturated carbocycles. The van der Waals surface area contributed by atoms with E-state index in [1.165, 1.54) is 5.56 Å². The highest BCUT2D eigenvalue weighted by Crippen LogP contribution is 2.23. The minimum absolute atomic E-state index is 0.122. The molecule has 0 radical (unpaired) electrons. The van der Waals surface area contributed by atoms with E-state index in [0.717, 1.165) is 24.9 Å². The number of hydrogen-bond acceptors (Lipinski definition) is 1. The van der Waals surface area contributed by atoms with Gasteiger partial charge in [0, 0.05) is 12.7 Å². The zero-order chi connectivity index (χ0) is 10.8. The Kier molecular flexibility index (Phi) is 3.14. The molecule has 0 aromatic carbocycles. The Hall–Kier alpha value is -1.05. The van der Waals surface area contributed by atoms with Crippen molar-refractivity contribution in [1.82, 2.24) is 4.57 Å². The molecule has 1 aromatic rings. The topological polar surface area (TPSA) is 22.0 Å². The van der Waals surface area contributed by atoms with Gasteiger partial charge in [0.25, 0.3) is 0 Å². The second kappa shape index (κ2) is 3.99. The predicted octanol–water partition coefficient (Wildman–Crippen LogP) is 3.01. The smallest absolute Gasteiger partial charge is 0.166 e. The third kappa shape index (κ3) is 2.25. The lowest BCUT2D eigenvalue weighted by Gasteiger charge is -2.15. The molecule has 78 valence electrons. The van der Waals surface area contributed by atoms with E-state index in [0.29, 0.717) is 0 Å². The number of nitrogens with zero attached hydrogens (tertiary/aromatic N) is 1. The van der Waals surface area contributed by atoms with Gasteiger partial charge < -0.3 is 4.57 Å². The second-order valence-electron chi connectivity index (χ2n) is 4.71. The van der Waals surface area contributed by atoms with Gasteiger partial charge in [-0.15, -0.1) is 0 Å². The molecule has 1 aromatic heterocycles. The van der Waals surface area contributed by atoms with Crippen LogP contribution in [0.5, 0.6) is 0 Å². The van der Waals surface area contributed by atoms with Gasteiger partial charge in [0.2, 0.25) is 0 Å². The highest BCUT2D eigenvalue weighted by Gasteiger charge is 2.17. The minimum Gasteiger partial charge on any atom is -0.345 e. The zero-order valence-corrected chi connectivity index (χ0v) is 9.50. The van der Waals surface area contributed by atoms with E-state index in [9.17, 15) is 4.79 Å². The molecule has 2 heteroatoms. The van der Waals surface area contributed by atoms with Crippen LogP contribution < -0.4 is 0 Å². The summed E-state index contributed by atoms with van der Waals surface area (Å²) in [6.45, 7) is 9.52. The number of aromatic nitrogens is 1. The molecular formula is C12H19NO. The molecular weight excluding hydrogens is 174 g/mol. The van der Waals surface area contributed by atoms with Crippen molar-refractivity contribution in [3.63, 3.8) is 0 Å². The average molecular weight is 193 g/mol. The Morgan fingerprint density at radius 1 is 1.43 bits per heavy atom. The summed E-state index contributed by atoms with van der Waals surface area (Å²) in [6.07, 6.45) is 4.08. The first-order valence-electron chi connectivity index (χ1n) is 5.15. The van der Waals surface area contributed by atoms with Crippen molar-refractivity contribution in [3.8, 4) is 0 Å². The summed E-state index contributed by atoms with van der Waals surface area (Å²) in [6, 6.07) is 1.99. The number of carbonyl (C=O) groups is 1. The Labute approximate surface area is 85.9 Å². The summed E-state index contributed by atoms with van der Waals surface area (Å²) >= 11 is 0. The fourth-order valence-electron chi connectivity index (χ4n) is 1.47. The van der Waals surface area contributed by atoms with E-state index in [1.54, 1.807) is 0 Å². The fraction of sp³-hybridized carbons (Fsp3) is 0.583. The number of carbonyl (C=O) groups excluding carboxylic acids is 1. The number of rotatable bonds is 3. The lowest BCUT2D eigenvalue weighted by molar-refractivity contribution is 0.111. The van der Waals surface area contributed by atoms with Gasteiger partial charge in [-0.2, -0.15) is 0 Å². The van der Waals surface area contributed by atoms with E-state index in [4.69, 9.17) is 0 Å². The van der Waals surface area contributed by atoms with E-state index in [1.807, 2.05) is 10.6 Å². The maximum Gasteiger partial charge on any atom is 0.166 e. The number of aldehydes is 1. The quantitative estimate of drug-likeness (QED) is 0.676. The molecule has 0 bridgehead atoms. The molecule has 0 spiro atoms. The summed E-state index contributed by atoms with van der Waals surface area (Å²) in [5.41, 5.74) is 2.14. The van der Waals surface area contributed by atoms with Crippen LogP contribution in [0, 0.1) is 0 Å². The largest absolute Gasteiger partial charge is 0.345 e. The highest BCUT2D eigenvalue weighted by atomic mass is 16.1. The van der Waals surface area contributed by atoms with Gasteiger partial charge >= 0.3 is 0 Å². The summed E-state index contributed by atoms with van der Waals surface area (Å²) in [7, 11) is 0. The Morgan fingerprint density at radius 3 is 2.50 bits per heavy atom. The molecule has 0 N–H and O–H groups in total. The molecule has 0 atom stereocenters. The minimum atomic E-state index is 0.122. The van der Waals surface area contributed by atoms with Crippen LogP contribution in [-0.4, -0.2) is 10.9 Å². The van der Waals surface area contributed by atoms with E-state index < -0.39 is 0 Å². The summed E-state index contributed by atoms with van der Waals surface area (Å²) in [5.74, 6) is 0. The van der Waals surface area contributed by atoms with Crippen LogP contribution in [0.2, 0.25) is 0 Å². The number of hydrogen-bond donors (Lipinski definition) is 0. The van der Waals surface area contributed by atoms with Gasteiger partial charge in [-0.3, -0.25) is 4.79 Å². The van der Waals surface area contributed by atoms with Crippen LogP contribution in [0.3, 0.4) is 0 Å². The molecule has 0 fully saturated rings. The molecule has 0 aliphatic rings. The number of aryl methyl sites for hydroxylation is 1. The molecule has 2 nitrogen and oxygen atoms in total. The average Bonchev–Trinajstić information content (AvgIpc) is 2.47.